The molecular formula is C17H33NO4. The predicted molar refractivity (Wildman–Crippen MR) is 87.7 cm³/mol. The highest BCUT2D eigenvalue weighted by atomic mass is 16.5. The van der Waals surface area contributed by atoms with E-state index in [0.717, 1.165) is 19.4 Å². The maximum absolute atomic E-state index is 11.3. The fourth-order valence-electron chi connectivity index (χ4n) is 2.35. The van der Waals surface area contributed by atoms with Gasteiger partial charge in [0.1, 0.15) is 0 Å². The normalized spacial score (nSPS) is 10.7. The van der Waals surface area contributed by atoms with Crippen molar-refractivity contribution in [3.63, 3.8) is 0 Å². The van der Waals surface area contributed by atoms with E-state index in [1.54, 1.807) is 4.90 Å². The van der Waals surface area contributed by atoms with Crippen LogP contribution in [-0.2, 0) is 19.1 Å². The number of nitrogens with zero attached hydrogens (tertiary/aromatic N) is 1. The molecule has 0 fully saturated rings. The highest BCUT2D eigenvalue weighted by Crippen LogP contribution is 2.10. The Balaban J connectivity index is 3.74. The Bertz CT molecular complexity index is 276. The number of methoxy groups -OCH3 is 2. The first-order valence-corrected chi connectivity index (χ1v) is 8.50. The molecule has 0 aromatic rings. The van der Waals surface area contributed by atoms with E-state index >= 15 is 0 Å². The summed E-state index contributed by atoms with van der Waals surface area (Å²) in [6, 6.07) is 0. The molecular weight excluding hydrogens is 282 g/mol. The standard InChI is InChI=1S/C17H33NO4/c1-4-5-6-7-8-9-10-11-12-13-18(14-16(19)21-2)15-17(20)22-3/h4-15H2,1-3H3. The Kier molecular flexibility index (Phi) is 14.1. The number of unbranched alkanes of at least 4 members (excludes halogenated alkanes) is 8. The molecule has 0 aromatic carbocycles. The summed E-state index contributed by atoms with van der Waals surface area (Å²) in [5.41, 5.74) is 0. The molecule has 130 valence electrons. The number of ether oxygens (including phenoxy) is 2. The van der Waals surface area contributed by atoms with Gasteiger partial charge in [-0.3, -0.25) is 14.5 Å². The van der Waals surface area contributed by atoms with Crippen LogP contribution in [0.3, 0.4) is 0 Å². The predicted octanol–water partition coefficient (Wildman–Crippen LogP) is 3.17. The van der Waals surface area contributed by atoms with Crippen molar-refractivity contribution in [2.24, 2.45) is 0 Å². The number of hydrogen-bond donors (Lipinski definition) is 0. The van der Waals surface area contributed by atoms with E-state index in [4.69, 9.17) is 0 Å². The largest absolute Gasteiger partial charge is 0.468 e. The number of hydrogen-bond acceptors (Lipinski definition) is 5. The average Bonchev–Trinajstić information content (AvgIpc) is 2.52. The molecule has 0 unspecified atom stereocenters. The van der Waals surface area contributed by atoms with Crippen LogP contribution in [0.5, 0.6) is 0 Å². The number of carbonyl (C=O) groups is 2. The summed E-state index contributed by atoms with van der Waals surface area (Å²) in [4.78, 5) is 24.5. The van der Waals surface area contributed by atoms with Crippen molar-refractivity contribution >= 4 is 11.9 Å². The Hall–Kier alpha value is -1.10. The van der Waals surface area contributed by atoms with Gasteiger partial charge in [-0.25, -0.2) is 0 Å². The van der Waals surface area contributed by atoms with Gasteiger partial charge >= 0.3 is 11.9 Å². The van der Waals surface area contributed by atoms with Crippen molar-refractivity contribution in [1.29, 1.82) is 0 Å². The molecule has 22 heavy (non-hydrogen) atoms. The average molecular weight is 315 g/mol. The van der Waals surface area contributed by atoms with E-state index in [-0.39, 0.29) is 25.0 Å². The minimum Gasteiger partial charge on any atom is -0.468 e. The molecule has 0 spiro atoms. The second-order valence-corrected chi connectivity index (χ2v) is 5.69. The van der Waals surface area contributed by atoms with Gasteiger partial charge in [0.25, 0.3) is 0 Å². The highest BCUT2D eigenvalue weighted by molar-refractivity contribution is 5.74. The lowest BCUT2D eigenvalue weighted by Gasteiger charge is -2.19. The van der Waals surface area contributed by atoms with Gasteiger partial charge in [0, 0.05) is 0 Å². The van der Waals surface area contributed by atoms with Crippen LogP contribution in [0.25, 0.3) is 0 Å². The molecule has 0 saturated heterocycles. The van der Waals surface area contributed by atoms with Gasteiger partial charge in [0.15, 0.2) is 0 Å². The molecule has 0 N–H and O–H groups in total. The SMILES string of the molecule is CCCCCCCCCCCN(CC(=O)OC)CC(=O)OC. The molecule has 0 amide bonds. The van der Waals surface area contributed by atoms with Crippen molar-refractivity contribution in [3.8, 4) is 0 Å². The summed E-state index contributed by atoms with van der Waals surface area (Å²) in [5.74, 6) is -0.639. The molecule has 0 aliphatic carbocycles. The first-order chi connectivity index (χ1) is 10.6. The van der Waals surface area contributed by atoms with Crippen molar-refractivity contribution in [3.05, 3.63) is 0 Å². The second kappa shape index (κ2) is 14.8. The van der Waals surface area contributed by atoms with Crippen LogP contribution in [-0.4, -0.2) is 50.7 Å². The zero-order valence-electron chi connectivity index (χ0n) is 14.6. The summed E-state index contributed by atoms with van der Waals surface area (Å²) < 4.78 is 9.31. The maximum atomic E-state index is 11.3. The van der Waals surface area contributed by atoms with Crippen molar-refractivity contribution < 1.29 is 19.1 Å². The van der Waals surface area contributed by atoms with Gasteiger partial charge < -0.3 is 9.47 Å². The van der Waals surface area contributed by atoms with E-state index in [0.29, 0.717) is 0 Å². The molecule has 0 rings (SSSR count). The van der Waals surface area contributed by atoms with Crippen molar-refractivity contribution in [1.82, 2.24) is 4.90 Å². The molecule has 0 heterocycles. The molecule has 0 bridgehead atoms. The summed E-state index contributed by atoms with van der Waals surface area (Å²) in [6.07, 6.45) is 11.2. The third kappa shape index (κ3) is 12.6. The van der Waals surface area contributed by atoms with Crippen LogP contribution in [0.1, 0.15) is 64.7 Å². The monoisotopic (exact) mass is 315 g/mol. The molecule has 0 aliphatic heterocycles. The Morgan fingerprint density at radius 3 is 1.55 bits per heavy atom. The molecule has 0 aromatic heterocycles. The second-order valence-electron chi connectivity index (χ2n) is 5.69. The number of carbonyl (C=O) groups excluding carboxylic acids is 2. The van der Waals surface area contributed by atoms with Gasteiger partial charge in [0.05, 0.1) is 27.3 Å². The first-order valence-electron chi connectivity index (χ1n) is 8.50. The summed E-state index contributed by atoms with van der Waals surface area (Å²) >= 11 is 0. The minimum absolute atomic E-state index is 0.141. The van der Waals surface area contributed by atoms with Gasteiger partial charge in [0.2, 0.25) is 0 Å². The molecule has 0 atom stereocenters. The Morgan fingerprint density at radius 1 is 0.727 bits per heavy atom. The molecule has 5 nitrogen and oxygen atoms in total. The lowest BCUT2D eigenvalue weighted by Crippen LogP contribution is -2.36. The molecule has 0 aliphatic rings. The van der Waals surface area contributed by atoms with Crippen LogP contribution in [0.15, 0.2) is 0 Å². The topological polar surface area (TPSA) is 55.8 Å². The zero-order valence-corrected chi connectivity index (χ0v) is 14.6. The van der Waals surface area contributed by atoms with Crippen LogP contribution in [0.4, 0.5) is 0 Å². The van der Waals surface area contributed by atoms with Crippen molar-refractivity contribution in [2.45, 2.75) is 64.7 Å². The Morgan fingerprint density at radius 2 is 1.14 bits per heavy atom. The highest BCUT2D eigenvalue weighted by Gasteiger charge is 2.14. The fraction of sp³-hybridized carbons (Fsp3) is 0.882. The van der Waals surface area contributed by atoms with E-state index in [2.05, 4.69) is 16.4 Å². The number of esters is 2. The molecule has 5 heteroatoms. The lowest BCUT2D eigenvalue weighted by molar-refractivity contribution is -0.145. The third-order valence-corrected chi connectivity index (χ3v) is 3.74. The summed E-state index contributed by atoms with van der Waals surface area (Å²) in [5, 5.41) is 0. The van der Waals surface area contributed by atoms with Gasteiger partial charge in [-0.15, -0.1) is 0 Å². The Labute approximate surface area is 135 Å². The molecule has 0 radical (unpaired) electrons. The quantitative estimate of drug-likeness (QED) is 0.364. The van der Waals surface area contributed by atoms with Crippen LogP contribution in [0.2, 0.25) is 0 Å². The van der Waals surface area contributed by atoms with Gasteiger partial charge in [-0.05, 0) is 13.0 Å². The number of rotatable bonds is 14. The van der Waals surface area contributed by atoms with Crippen LogP contribution in [0, 0.1) is 0 Å². The van der Waals surface area contributed by atoms with Crippen molar-refractivity contribution in [2.75, 3.05) is 33.9 Å². The summed E-state index contributed by atoms with van der Waals surface area (Å²) in [7, 11) is 2.72. The maximum Gasteiger partial charge on any atom is 0.319 e. The lowest BCUT2D eigenvalue weighted by atomic mass is 10.1. The minimum atomic E-state index is -0.320. The van der Waals surface area contributed by atoms with Crippen LogP contribution < -0.4 is 0 Å². The summed E-state index contributed by atoms with van der Waals surface area (Å²) in [6.45, 7) is 3.24. The molecule has 0 saturated carbocycles. The fourth-order valence-corrected chi connectivity index (χ4v) is 2.35. The van der Waals surface area contributed by atoms with E-state index < -0.39 is 0 Å². The van der Waals surface area contributed by atoms with Crippen LogP contribution >= 0.6 is 0 Å². The smallest absolute Gasteiger partial charge is 0.319 e. The van der Waals surface area contributed by atoms with Gasteiger partial charge in [-0.1, -0.05) is 58.3 Å². The van der Waals surface area contributed by atoms with Gasteiger partial charge in [-0.2, -0.15) is 0 Å². The van der Waals surface area contributed by atoms with E-state index in [9.17, 15) is 9.59 Å². The zero-order chi connectivity index (χ0) is 16.6. The van der Waals surface area contributed by atoms with E-state index in [1.807, 2.05) is 0 Å². The first kappa shape index (κ1) is 20.9. The van der Waals surface area contributed by atoms with E-state index in [1.165, 1.54) is 59.2 Å². The third-order valence-electron chi connectivity index (χ3n) is 3.74.